The summed E-state index contributed by atoms with van der Waals surface area (Å²) >= 11 is 5.64. The highest BCUT2D eigenvalue weighted by Gasteiger charge is 2.33. The summed E-state index contributed by atoms with van der Waals surface area (Å²) in [5, 5.41) is -0.286. The maximum Gasteiger partial charge on any atom is 0.417 e. The van der Waals surface area contributed by atoms with Gasteiger partial charge in [-0.3, -0.25) is 0 Å². The summed E-state index contributed by atoms with van der Waals surface area (Å²) in [6, 6.07) is 3.47. The van der Waals surface area contributed by atoms with Crippen LogP contribution in [0.3, 0.4) is 0 Å². The molecule has 0 fully saturated rings. The van der Waals surface area contributed by atoms with E-state index in [9.17, 15) is 13.2 Å². The van der Waals surface area contributed by atoms with Gasteiger partial charge in [0.05, 0.1) is 10.6 Å². The molecule has 0 aliphatic rings. The van der Waals surface area contributed by atoms with Crippen LogP contribution in [0.2, 0.25) is 5.02 Å². The first-order chi connectivity index (χ1) is 8.36. The maximum absolute atomic E-state index is 12.5. The van der Waals surface area contributed by atoms with Gasteiger partial charge in [-0.05, 0) is 24.1 Å². The van der Waals surface area contributed by atoms with E-state index in [1.54, 1.807) is 0 Å². The van der Waals surface area contributed by atoms with E-state index in [0.717, 1.165) is 31.7 Å². The largest absolute Gasteiger partial charge is 0.417 e. The van der Waals surface area contributed by atoms with E-state index in [1.807, 2.05) is 0 Å². The lowest BCUT2D eigenvalue weighted by molar-refractivity contribution is -0.137. The van der Waals surface area contributed by atoms with Crippen LogP contribution in [0.5, 0.6) is 0 Å². The molecule has 0 aromatic heterocycles. The first-order valence-corrected chi connectivity index (χ1v) is 6.36. The van der Waals surface area contributed by atoms with Gasteiger partial charge in [0.25, 0.3) is 0 Å². The standard InChI is InChI=1S/C13H17ClF3N.ClH/c1-2-3-4-5-12(18)9-6-7-10(11(14)8-9)13(15,16)17;/h6-8,12H,2-5,18H2,1H3;1H/t12-;/m0./s1. The van der Waals surface area contributed by atoms with Crippen LogP contribution in [0.1, 0.15) is 49.8 Å². The Kier molecular flexibility index (Phi) is 7.79. The highest BCUT2D eigenvalue weighted by atomic mass is 35.5. The Bertz CT molecular complexity index is 394. The van der Waals surface area contributed by atoms with Gasteiger partial charge in [-0.25, -0.2) is 0 Å². The third-order valence-corrected chi connectivity index (χ3v) is 3.16. The van der Waals surface area contributed by atoms with Crippen molar-refractivity contribution < 1.29 is 13.2 Å². The minimum Gasteiger partial charge on any atom is -0.324 e. The number of hydrogen-bond donors (Lipinski definition) is 1. The van der Waals surface area contributed by atoms with Crippen molar-refractivity contribution in [1.29, 1.82) is 0 Å². The molecule has 6 heteroatoms. The lowest BCUT2D eigenvalue weighted by Crippen LogP contribution is -2.12. The minimum absolute atomic E-state index is 0. The van der Waals surface area contributed by atoms with E-state index in [4.69, 9.17) is 17.3 Å². The number of benzene rings is 1. The second-order valence-corrected chi connectivity index (χ2v) is 4.75. The van der Waals surface area contributed by atoms with Crippen molar-refractivity contribution in [3.63, 3.8) is 0 Å². The smallest absolute Gasteiger partial charge is 0.324 e. The van der Waals surface area contributed by atoms with Crippen LogP contribution in [0.4, 0.5) is 13.2 Å². The van der Waals surface area contributed by atoms with Crippen molar-refractivity contribution in [2.75, 3.05) is 0 Å². The van der Waals surface area contributed by atoms with Crippen LogP contribution < -0.4 is 5.73 Å². The van der Waals surface area contributed by atoms with Gasteiger partial charge in [-0.1, -0.05) is 43.9 Å². The fourth-order valence-electron chi connectivity index (χ4n) is 1.77. The van der Waals surface area contributed by atoms with E-state index in [-0.39, 0.29) is 23.5 Å². The second kappa shape index (κ2) is 7.98. The van der Waals surface area contributed by atoms with Crippen LogP contribution in [-0.2, 0) is 6.18 Å². The maximum atomic E-state index is 12.5. The van der Waals surface area contributed by atoms with Crippen molar-refractivity contribution in [1.82, 2.24) is 0 Å². The number of halogens is 5. The summed E-state index contributed by atoms with van der Waals surface area (Å²) < 4.78 is 37.5. The quantitative estimate of drug-likeness (QED) is 0.727. The zero-order valence-corrected chi connectivity index (χ0v) is 12.2. The summed E-state index contributed by atoms with van der Waals surface area (Å²) in [5.41, 5.74) is 5.77. The summed E-state index contributed by atoms with van der Waals surface area (Å²) in [5.74, 6) is 0. The zero-order chi connectivity index (χ0) is 13.8. The molecule has 1 atom stereocenters. The lowest BCUT2D eigenvalue weighted by Gasteiger charge is -2.15. The summed E-state index contributed by atoms with van der Waals surface area (Å²) in [7, 11) is 0. The lowest BCUT2D eigenvalue weighted by atomic mass is 10.00. The molecule has 1 nitrogen and oxygen atoms in total. The molecule has 0 radical (unpaired) electrons. The third kappa shape index (κ3) is 5.59. The predicted octanol–water partition coefficient (Wildman–Crippen LogP) is 5.36. The SMILES string of the molecule is CCCCC[C@H](N)c1ccc(C(F)(F)F)c(Cl)c1.Cl. The number of rotatable bonds is 5. The minimum atomic E-state index is -4.41. The van der Waals surface area contributed by atoms with Crippen molar-refractivity contribution in [3.8, 4) is 0 Å². The van der Waals surface area contributed by atoms with Crippen LogP contribution in [0.15, 0.2) is 18.2 Å². The molecule has 0 aliphatic heterocycles. The average Bonchev–Trinajstić information content (AvgIpc) is 2.27. The van der Waals surface area contributed by atoms with E-state index < -0.39 is 11.7 Å². The predicted molar refractivity (Wildman–Crippen MR) is 74.8 cm³/mol. The monoisotopic (exact) mass is 315 g/mol. The molecule has 2 N–H and O–H groups in total. The molecule has 0 heterocycles. The second-order valence-electron chi connectivity index (χ2n) is 4.34. The molecule has 1 aromatic rings. The van der Waals surface area contributed by atoms with Crippen molar-refractivity contribution in [2.24, 2.45) is 5.73 Å². The highest BCUT2D eigenvalue weighted by molar-refractivity contribution is 6.31. The molecular weight excluding hydrogens is 298 g/mol. The molecule has 110 valence electrons. The Balaban J connectivity index is 0.00000324. The summed E-state index contributed by atoms with van der Waals surface area (Å²) in [4.78, 5) is 0. The Morgan fingerprint density at radius 3 is 2.37 bits per heavy atom. The average molecular weight is 316 g/mol. The van der Waals surface area contributed by atoms with Gasteiger partial charge in [0, 0.05) is 6.04 Å². The molecule has 1 aromatic carbocycles. The van der Waals surface area contributed by atoms with Crippen molar-refractivity contribution in [2.45, 2.75) is 44.8 Å². The van der Waals surface area contributed by atoms with Crippen molar-refractivity contribution in [3.05, 3.63) is 34.3 Å². The third-order valence-electron chi connectivity index (χ3n) is 2.85. The van der Waals surface area contributed by atoms with E-state index in [1.165, 1.54) is 12.1 Å². The topological polar surface area (TPSA) is 26.0 Å². The van der Waals surface area contributed by atoms with Crippen LogP contribution in [0, 0.1) is 0 Å². The van der Waals surface area contributed by atoms with Gasteiger partial charge in [0.1, 0.15) is 0 Å². The van der Waals surface area contributed by atoms with E-state index in [0.29, 0.717) is 5.56 Å². The highest BCUT2D eigenvalue weighted by Crippen LogP contribution is 2.35. The number of hydrogen-bond acceptors (Lipinski definition) is 1. The van der Waals surface area contributed by atoms with E-state index in [2.05, 4.69) is 6.92 Å². The molecule has 19 heavy (non-hydrogen) atoms. The Morgan fingerprint density at radius 1 is 1.26 bits per heavy atom. The fourth-order valence-corrected chi connectivity index (χ4v) is 2.07. The van der Waals surface area contributed by atoms with Gasteiger partial charge in [-0.15, -0.1) is 12.4 Å². The molecule has 0 saturated carbocycles. The van der Waals surface area contributed by atoms with Crippen molar-refractivity contribution >= 4 is 24.0 Å². The zero-order valence-electron chi connectivity index (χ0n) is 10.6. The molecule has 0 aliphatic carbocycles. The molecule has 1 rings (SSSR count). The number of unbranched alkanes of at least 4 members (excludes halogenated alkanes) is 2. The van der Waals surface area contributed by atoms with Crippen LogP contribution in [0.25, 0.3) is 0 Å². The molecule has 0 saturated heterocycles. The normalized spacial score (nSPS) is 12.9. The van der Waals surface area contributed by atoms with Gasteiger partial charge in [0.15, 0.2) is 0 Å². The first-order valence-electron chi connectivity index (χ1n) is 5.98. The summed E-state index contributed by atoms with van der Waals surface area (Å²) in [6.45, 7) is 2.08. The Hall–Kier alpha value is -0.450. The van der Waals surface area contributed by atoms with Gasteiger partial charge in [0.2, 0.25) is 0 Å². The summed E-state index contributed by atoms with van der Waals surface area (Å²) in [6.07, 6.45) is -0.531. The Labute approximate surface area is 122 Å². The molecule has 0 unspecified atom stereocenters. The van der Waals surface area contributed by atoms with Crippen LogP contribution in [-0.4, -0.2) is 0 Å². The van der Waals surface area contributed by atoms with Gasteiger partial charge >= 0.3 is 6.18 Å². The number of alkyl halides is 3. The molecule has 0 bridgehead atoms. The van der Waals surface area contributed by atoms with Crippen LogP contribution >= 0.6 is 24.0 Å². The Morgan fingerprint density at radius 2 is 1.89 bits per heavy atom. The first kappa shape index (κ1) is 18.6. The van der Waals surface area contributed by atoms with Gasteiger partial charge in [-0.2, -0.15) is 13.2 Å². The van der Waals surface area contributed by atoms with Gasteiger partial charge < -0.3 is 5.73 Å². The number of nitrogens with two attached hydrogens (primary N) is 1. The molecule has 0 amide bonds. The van der Waals surface area contributed by atoms with E-state index >= 15 is 0 Å². The fraction of sp³-hybridized carbons (Fsp3) is 0.538. The molecule has 0 spiro atoms. The molecular formula is C13H18Cl2F3N.